The monoisotopic (exact) mass is 494 g/mol. The lowest BCUT2D eigenvalue weighted by atomic mass is 9.96. The van der Waals surface area contributed by atoms with E-state index < -0.39 is 24.3 Å². The van der Waals surface area contributed by atoms with E-state index in [0.717, 1.165) is 6.33 Å². The molecule has 3 N–H and O–H groups in total. The van der Waals surface area contributed by atoms with Gasteiger partial charge in [0.05, 0.1) is 5.69 Å². The van der Waals surface area contributed by atoms with Crippen molar-refractivity contribution in [3.05, 3.63) is 96.6 Å². The summed E-state index contributed by atoms with van der Waals surface area (Å²) < 4.78 is 48.0. The smallest absolute Gasteiger partial charge is 0.429 e. The number of alkyl halides is 3. The van der Waals surface area contributed by atoms with E-state index in [1.54, 1.807) is 48.5 Å². The molecule has 0 bridgehead atoms. The van der Waals surface area contributed by atoms with Crippen molar-refractivity contribution in [2.45, 2.75) is 24.7 Å². The Bertz CT molecular complexity index is 1330. The van der Waals surface area contributed by atoms with Gasteiger partial charge in [-0.3, -0.25) is 9.78 Å². The van der Waals surface area contributed by atoms with E-state index in [-0.39, 0.29) is 17.9 Å². The van der Waals surface area contributed by atoms with Crippen molar-refractivity contribution in [1.82, 2.24) is 15.0 Å². The number of carboxylic acids is 1. The number of ether oxygens (including phenoxy) is 1. The molecule has 36 heavy (non-hydrogen) atoms. The molecule has 0 saturated heterocycles. The molecule has 0 spiro atoms. The Balaban J connectivity index is 1.62. The van der Waals surface area contributed by atoms with E-state index in [9.17, 15) is 18.0 Å². The summed E-state index contributed by atoms with van der Waals surface area (Å²) in [6, 6.07) is 16.4. The van der Waals surface area contributed by atoms with Crippen LogP contribution in [0.4, 0.5) is 13.2 Å². The fourth-order valence-electron chi connectivity index (χ4n) is 3.66. The van der Waals surface area contributed by atoms with Gasteiger partial charge in [0.2, 0.25) is 12.0 Å². The number of hydrogen-bond donors (Lipinski definition) is 2. The molecule has 0 aliphatic rings. The topological polar surface area (TPSA) is 111 Å². The SMILES string of the molecule is NC(Cc1ccc(-c2cc(OC(c3ccccc3-c3ccncc3)C(F)(F)F)ncn2)cc1)C(=O)O. The molecule has 0 saturated carbocycles. The van der Waals surface area contributed by atoms with Crippen LogP contribution < -0.4 is 10.5 Å². The van der Waals surface area contributed by atoms with Gasteiger partial charge in [-0.25, -0.2) is 9.97 Å². The summed E-state index contributed by atoms with van der Waals surface area (Å²) in [5, 5.41) is 8.96. The molecule has 2 atom stereocenters. The summed E-state index contributed by atoms with van der Waals surface area (Å²) in [6.45, 7) is 0. The predicted octanol–water partition coefficient (Wildman–Crippen LogP) is 4.84. The van der Waals surface area contributed by atoms with Crippen molar-refractivity contribution in [2.75, 3.05) is 0 Å². The van der Waals surface area contributed by atoms with Crippen molar-refractivity contribution >= 4 is 5.97 Å². The second-order valence-corrected chi connectivity index (χ2v) is 7.95. The Morgan fingerprint density at radius 3 is 2.33 bits per heavy atom. The van der Waals surface area contributed by atoms with Gasteiger partial charge in [0.25, 0.3) is 0 Å². The highest BCUT2D eigenvalue weighted by Crippen LogP contribution is 2.40. The number of aliphatic carboxylic acids is 1. The molecule has 2 aromatic carbocycles. The van der Waals surface area contributed by atoms with Crippen molar-refractivity contribution < 1.29 is 27.8 Å². The molecule has 0 radical (unpaired) electrons. The lowest BCUT2D eigenvalue weighted by Gasteiger charge is -2.24. The van der Waals surface area contributed by atoms with Crippen LogP contribution in [0.25, 0.3) is 22.4 Å². The predicted molar refractivity (Wildman–Crippen MR) is 126 cm³/mol. The Kier molecular flexibility index (Phi) is 7.25. The number of carbonyl (C=O) groups is 1. The standard InChI is InChI=1S/C26H21F3N4O3/c27-26(28,29)24(20-4-2-1-3-19(20)17-9-11-31-12-10-17)36-23-14-22(32-15-33-23)18-7-5-16(6-8-18)13-21(30)25(34)35/h1-12,14-15,21,24H,13,30H2,(H,34,35). The van der Waals surface area contributed by atoms with Crippen LogP contribution in [0.5, 0.6) is 5.88 Å². The third-order valence-electron chi connectivity index (χ3n) is 5.43. The number of hydrogen-bond acceptors (Lipinski definition) is 6. The van der Waals surface area contributed by atoms with Gasteiger partial charge in [0, 0.05) is 29.6 Å². The van der Waals surface area contributed by atoms with Crippen LogP contribution in [0, 0.1) is 0 Å². The zero-order valence-corrected chi connectivity index (χ0v) is 18.8. The molecule has 2 aromatic heterocycles. The van der Waals surface area contributed by atoms with Crippen LogP contribution in [0.2, 0.25) is 0 Å². The Labute approximate surface area is 204 Å². The quantitative estimate of drug-likeness (QED) is 0.360. The number of carboxylic acid groups (broad SMARTS) is 1. The first-order valence-electron chi connectivity index (χ1n) is 10.8. The van der Waals surface area contributed by atoms with Crippen LogP contribution in [-0.2, 0) is 11.2 Å². The molecule has 4 rings (SSSR count). The molecular formula is C26H21F3N4O3. The second-order valence-electron chi connectivity index (χ2n) is 7.95. The van der Waals surface area contributed by atoms with Crippen molar-refractivity contribution in [1.29, 1.82) is 0 Å². The van der Waals surface area contributed by atoms with Gasteiger partial charge in [-0.2, -0.15) is 13.2 Å². The van der Waals surface area contributed by atoms with Crippen molar-refractivity contribution in [3.8, 4) is 28.3 Å². The Hall–Kier alpha value is -4.31. The lowest BCUT2D eigenvalue weighted by Crippen LogP contribution is -2.32. The van der Waals surface area contributed by atoms with E-state index in [2.05, 4.69) is 15.0 Å². The minimum absolute atomic E-state index is 0.0597. The summed E-state index contributed by atoms with van der Waals surface area (Å²) in [4.78, 5) is 22.9. The number of nitrogens with zero attached hydrogens (tertiary/aromatic N) is 3. The fourth-order valence-corrected chi connectivity index (χ4v) is 3.66. The van der Waals surface area contributed by atoms with E-state index in [4.69, 9.17) is 15.6 Å². The van der Waals surface area contributed by atoms with E-state index in [1.807, 2.05) is 0 Å². The normalized spacial score (nSPS) is 13.1. The van der Waals surface area contributed by atoms with Crippen LogP contribution in [-0.4, -0.2) is 38.2 Å². The average Bonchev–Trinajstić information content (AvgIpc) is 2.88. The van der Waals surface area contributed by atoms with Gasteiger partial charge in [0.15, 0.2) is 0 Å². The number of aromatic nitrogens is 3. The molecule has 0 fully saturated rings. The summed E-state index contributed by atoms with van der Waals surface area (Å²) >= 11 is 0. The van der Waals surface area contributed by atoms with Crippen LogP contribution in [0.3, 0.4) is 0 Å². The summed E-state index contributed by atoms with van der Waals surface area (Å²) in [5.41, 5.74) is 8.08. The molecule has 7 nitrogen and oxygen atoms in total. The third kappa shape index (κ3) is 5.84. The molecule has 0 amide bonds. The van der Waals surface area contributed by atoms with Gasteiger partial charge in [-0.15, -0.1) is 0 Å². The Morgan fingerprint density at radius 1 is 0.972 bits per heavy atom. The van der Waals surface area contributed by atoms with E-state index >= 15 is 0 Å². The van der Waals surface area contributed by atoms with Crippen LogP contribution in [0.1, 0.15) is 17.2 Å². The highest BCUT2D eigenvalue weighted by atomic mass is 19.4. The highest BCUT2D eigenvalue weighted by Gasteiger charge is 2.44. The first-order chi connectivity index (χ1) is 17.2. The van der Waals surface area contributed by atoms with E-state index in [1.165, 1.54) is 30.6 Å². The van der Waals surface area contributed by atoms with E-state index in [0.29, 0.717) is 27.9 Å². The van der Waals surface area contributed by atoms with Gasteiger partial charge in [0.1, 0.15) is 12.4 Å². The average molecular weight is 494 g/mol. The number of pyridine rings is 1. The molecule has 2 heterocycles. The molecular weight excluding hydrogens is 473 g/mol. The number of nitrogens with two attached hydrogens (primary N) is 1. The second kappa shape index (κ2) is 10.5. The maximum Gasteiger partial charge on any atom is 0.429 e. The molecule has 10 heteroatoms. The third-order valence-corrected chi connectivity index (χ3v) is 5.43. The first kappa shape index (κ1) is 24.8. The zero-order valence-electron chi connectivity index (χ0n) is 18.8. The van der Waals surface area contributed by atoms with Crippen molar-refractivity contribution in [2.24, 2.45) is 5.73 Å². The summed E-state index contributed by atoms with van der Waals surface area (Å²) in [6.07, 6.45) is -2.72. The molecule has 0 aliphatic carbocycles. The minimum atomic E-state index is -4.72. The highest BCUT2D eigenvalue weighted by molar-refractivity contribution is 5.73. The van der Waals surface area contributed by atoms with Gasteiger partial charge in [-0.05, 0) is 35.2 Å². The fraction of sp³-hybridized carbons (Fsp3) is 0.154. The lowest BCUT2D eigenvalue weighted by molar-refractivity contribution is -0.198. The van der Waals surface area contributed by atoms with Crippen LogP contribution in [0.15, 0.2) is 85.5 Å². The maximum atomic E-state index is 14.2. The van der Waals surface area contributed by atoms with Crippen molar-refractivity contribution in [3.63, 3.8) is 0 Å². The number of benzene rings is 2. The first-order valence-corrected chi connectivity index (χ1v) is 10.8. The summed E-state index contributed by atoms with van der Waals surface area (Å²) in [7, 11) is 0. The van der Waals surface area contributed by atoms with Crippen LogP contribution >= 0.6 is 0 Å². The minimum Gasteiger partial charge on any atom is -0.480 e. The number of rotatable bonds is 8. The molecule has 0 aliphatic heterocycles. The van der Waals surface area contributed by atoms with Gasteiger partial charge in [-0.1, -0.05) is 48.5 Å². The largest absolute Gasteiger partial charge is 0.480 e. The Morgan fingerprint density at radius 2 is 1.67 bits per heavy atom. The van der Waals surface area contributed by atoms with Gasteiger partial charge >= 0.3 is 12.1 Å². The number of halogens is 3. The maximum absolute atomic E-state index is 14.2. The summed E-state index contributed by atoms with van der Waals surface area (Å²) in [5.74, 6) is -1.36. The molecule has 184 valence electrons. The zero-order chi connectivity index (χ0) is 25.7. The molecule has 2 unspecified atom stereocenters. The van der Waals surface area contributed by atoms with Gasteiger partial charge < -0.3 is 15.6 Å². The molecule has 4 aromatic rings.